The number of halogens is 1. The SMILES string of the molecule is Nc1ccc(C(=O)OCC(=O)Nc2cccnc2Cl)cc1[N+](=O)[O-]. The highest BCUT2D eigenvalue weighted by molar-refractivity contribution is 6.32. The molecule has 0 saturated carbocycles. The number of nitro benzene ring substituents is 1. The van der Waals surface area contributed by atoms with E-state index in [4.69, 9.17) is 22.1 Å². The Morgan fingerprint density at radius 1 is 1.38 bits per heavy atom. The number of hydrogen-bond acceptors (Lipinski definition) is 7. The molecule has 0 aliphatic rings. The van der Waals surface area contributed by atoms with Crippen molar-refractivity contribution >= 4 is 40.5 Å². The van der Waals surface area contributed by atoms with Gasteiger partial charge in [-0.15, -0.1) is 0 Å². The van der Waals surface area contributed by atoms with Crippen LogP contribution < -0.4 is 11.1 Å². The molecule has 24 heavy (non-hydrogen) atoms. The van der Waals surface area contributed by atoms with Gasteiger partial charge in [-0.3, -0.25) is 14.9 Å². The van der Waals surface area contributed by atoms with Gasteiger partial charge >= 0.3 is 5.97 Å². The zero-order valence-electron chi connectivity index (χ0n) is 12.1. The summed E-state index contributed by atoms with van der Waals surface area (Å²) in [6.07, 6.45) is 1.45. The molecule has 0 unspecified atom stereocenters. The van der Waals surface area contributed by atoms with E-state index in [0.717, 1.165) is 6.07 Å². The summed E-state index contributed by atoms with van der Waals surface area (Å²) in [5.41, 5.74) is 5.11. The van der Waals surface area contributed by atoms with Crippen LogP contribution in [0.25, 0.3) is 0 Å². The third-order valence-corrected chi connectivity index (χ3v) is 3.13. The summed E-state index contributed by atoms with van der Waals surface area (Å²) in [5, 5.41) is 13.3. The molecule has 1 amide bonds. The molecule has 0 saturated heterocycles. The molecule has 0 spiro atoms. The second kappa shape index (κ2) is 7.38. The average molecular weight is 351 g/mol. The van der Waals surface area contributed by atoms with Gasteiger partial charge in [0.25, 0.3) is 11.6 Å². The predicted octanol–water partition coefficient (Wildman–Crippen LogP) is 2.02. The summed E-state index contributed by atoms with van der Waals surface area (Å²) in [6.45, 7) is -0.595. The number of nitrogens with two attached hydrogens (primary N) is 1. The number of amides is 1. The van der Waals surface area contributed by atoms with E-state index in [1.807, 2.05) is 0 Å². The van der Waals surface area contributed by atoms with E-state index in [1.54, 1.807) is 6.07 Å². The van der Waals surface area contributed by atoms with Crippen molar-refractivity contribution in [3.8, 4) is 0 Å². The molecule has 3 N–H and O–H groups in total. The Morgan fingerprint density at radius 3 is 2.79 bits per heavy atom. The van der Waals surface area contributed by atoms with Crippen LogP contribution in [0.1, 0.15) is 10.4 Å². The van der Waals surface area contributed by atoms with E-state index >= 15 is 0 Å². The maximum Gasteiger partial charge on any atom is 0.338 e. The quantitative estimate of drug-likeness (QED) is 0.276. The van der Waals surface area contributed by atoms with Crippen molar-refractivity contribution in [2.45, 2.75) is 0 Å². The molecule has 9 nitrogen and oxygen atoms in total. The zero-order chi connectivity index (χ0) is 17.7. The third kappa shape index (κ3) is 4.17. The standard InChI is InChI=1S/C14H11ClN4O5/c15-13-10(2-1-5-17-13)18-12(20)7-24-14(21)8-3-4-9(16)11(6-8)19(22)23/h1-6H,7,16H2,(H,18,20). The highest BCUT2D eigenvalue weighted by Crippen LogP contribution is 2.22. The number of anilines is 2. The van der Waals surface area contributed by atoms with Crippen LogP contribution in [0.4, 0.5) is 17.1 Å². The van der Waals surface area contributed by atoms with Gasteiger partial charge in [0.1, 0.15) is 5.69 Å². The minimum atomic E-state index is -0.898. The lowest BCUT2D eigenvalue weighted by Gasteiger charge is -2.07. The van der Waals surface area contributed by atoms with Crippen LogP contribution in [0.2, 0.25) is 5.15 Å². The number of nitrogens with zero attached hydrogens (tertiary/aromatic N) is 2. The molecule has 2 rings (SSSR count). The van der Waals surface area contributed by atoms with Gasteiger partial charge in [0.15, 0.2) is 11.8 Å². The average Bonchev–Trinajstić information content (AvgIpc) is 2.55. The number of carbonyl (C=O) groups is 2. The monoisotopic (exact) mass is 350 g/mol. The van der Waals surface area contributed by atoms with Gasteiger partial charge in [0, 0.05) is 12.3 Å². The minimum Gasteiger partial charge on any atom is -0.452 e. The fourth-order valence-corrected chi connectivity index (χ4v) is 1.88. The van der Waals surface area contributed by atoms with E-state index < -0.39 is 29.1 Å². The number of aromatic nitrogens is 1. The lowest BCUT2D eigenvalue weighted by molar-refractivity contribution is -0.383. The van der Waals surface area contributed by atoms with Crippen molar-refractivity contribution in [1.29, 1.82) is 0 Å². The molecule has 1 heterocycles. The highest BCUT2D eigenvalue weighted by atomic mass is 35.5. The van der Waals surface area contributed by atoms with Crippen molar-refractivity contribution in [2.24, 2.45) is 0 Å². The zero-order valence-corrected chi connectivity index (χ0v) is 12.8. The second-order valence-electron chi connectivity index (χ2n) is 4.50. The first-order valence-electron chi connectivity index (χ1n) is 6.50. The van der Waals surface area contributed by atoms with Crippen molar-refractivity contribution < 1.29 is 19.2 Å². The van der Waals surface area contributed by atoms with Crippen molar-refractivity contribution in [1.82, 2.24) is 4.98 Å². The Morgan fingerprint density at radius 2 is 2.12 bits per heavy atom. The smallest absolute Gasteiger partial charge is 0.338 e. The Hall–Kier alpha value is -3.20. The van der Waals surface area contributed by atoms with Crippen molar-refractivity contribution in [3.05, 3.63) is 57.4 Å². The molecule has 0 atom stereocenters. The summed E-state index contributed by atoms with van der Waals surface area (Å²) in [6, 6.07) is 6.55. The van der Waals surface area contributed by atoms with Crippen LogP contribution >= 0.6 is 11.6 Å². The molecule has 0 aliphatic heterocycles. The Kier molecular flexibility index (Phi) is 5.27. The van der Waals surface area contributed by atoms with Crippen LogP contribution in [0, 0.1) is 10.1 Å². The van der Waals surface area contributed by atoms with Gasteiger partial charge in [-0.25, -0.2) is 9.78 Å². The van der Waals surface area contributed by atoms with Crippen LogP contribution in [0.15, 0.2) is 36.5 Å². The summed E-state index contributed by atoms with van der Waals surface area (Å²) < 4.78 is 4.80. The number of carbonyl (C=O) groups excluding carboxylic acids is 2. The third-order valence-electron chi connectivity index (χ3n) is 2.83. The maximum atomic E-state index is 11.9. The predicted molar refractivity (Wildman–Crippen MR) is 85.7 cm³/mol. The van der Waals surface area contributed by atoms with Gasteiger partial charge < -0.3 is 15.8 Å². The van der Waals surface area contributed by atoms with E-state index in [1.165, 1.54) is 24.4 Å². The van der Waals surface area contributed by atoms with Crippen LogP contribution in [-0.4, -0.2) is 28.4 Å². The van der Waals surface area contributed by atoms with Gasteiger partial charge in [0.2, 0.25) is 0 Å². The number of nitrogens with one attached hydrogen (secondary N) is 1. The molecule has 0 bridgehead atoms. The highest BCUT2D eigenvalue weighted by Gasteiger charge is 2.17. The fraction of sp³-hybridized carbons (Fsp3) is 0.0714. The summed E-state index contributed by atoms with van der Waals surface area (Å²) in [4.78, 5) is 37.4. The van der Waals surface area contributed by atoms with E-state index in [0.29, 0.717) is 0 Å². The first kappa shape index (κ1) is 17.2. The summed E-state index contributed by atoms with van der Waals surface area (Å²) >= 11 is 5.78. The van der Waals surface area contributed by atoms with Crippen molar-refractivity contribution in [2.75, 3.05) is 17.7 Å². The molecular formula is C14H11ClN4O5. The summed E-state index contributed by atoms with van der Waals surface area (Å²) in [7, 11) is 0. The largest absolute Gasteiger partial charge is 0.452 e. The molecular weight excluding hydrogens is 340 g/mol. The first-order valence-corrected chi connectivity index (χ1v) is 6.87. The van der Waals surface area contributed by atoms with E-state index in [2.05, 4.69) is 10.3 Å². The molecule has 0 aliphatic carbocycles. The molecule has 1 aromatic carbocycles. The number of pyridine rings is 1. The van der Waals surface area contributed by atoms with Crippen LogP contribution in [0.3, 0.4) is 0 Å². The van der Waals surface area contributed by atoms with Crippen LogP contribution in [0.5, 0.6) is 0 Å². The number of nitro groups is 1. The minimum absolute atomic E-state index is 0.0829. The number of nitrogen functional groups attached to an aromatic ring is 1. The fourth-order valence-electron chi connectivity index (χ4n) is 1.71. The molecule has 124 valence electrons. The van der Waals surface area contributed by atoms with Crippen molar-refractivity contribution in [3.63, 3.8) is 0 Å². The number of ether oxygens (including phenoxy) is 1. The van der Waals surface area contributed by atoms with Gasteiger partial charge in [-0.2, -0.15) is 0 Å². The van der Waals surface area contributed by atoms with Gasteiger partial charge in [-0.1, -0.05) is 11.6 Å². The number of benzene rings is 1. The molecule has 0 fully saturated rings. The molecule has 1 aromatic heterocycles. The maximum absolute atomic E-state index is 11.9. The summed E-state index contributed by atoms with van der Waals surface area (Å²) in [5.74, 6) is -1.53. The van der Waals surface area contributed by atoms with E-state index in [-0.39, 0.29) is 22.1 Å². The lowest BCUT2D eigenvalue weighted by atomic mass is 10.2. The van der Waals surface area contributed by atoms with Gasteiger partial charge in [-0.05, 0) is 24.3 Å². The lowest BCUT2D eigenvalue weighted by Crippen LogP contribution is -2.21. The number of hydrogen-bond donors (Lipinski definition) is 2. The Bertz CT molecular complexity index is 812. The second-order valence-corrected chi connectivity index (χ2v) is 4.85. The Balaban J connectivity index is 1.98. The Labute approximate surface area is 140 Å². The topological polar surface area (TPSA) is 137 Å². The normalized spacial score (nSPS) is 10.0. The molecule has 10 heteroatoms. The van der Waals surface area contributed by atoms with Crippen LogP contribution in [-0.2, 0) is 9.53 Å². The molecule has 2 aromatic rings. The van der Waals surface area contributed by atoms with Gasteiger partial charge in [0.05, 0.1) is 16.2 Å². The molecule has 0 radical (unpaired) electrons. The number of esters is 1. The first-order chi connectivity index (χ1) is 11.4. The number of rotatable bonds is 5. The van der Waals surface area contributed by atoms with E-state index in [9.17, 15) is 19.7 Å².